The van der Waals surface area contributed by atoms with E-state index in [4.69, 9.17) is 9.84 Å². The van der Waals surface area contributed by atoms with E-state index in [0.29, 0.717) is 12.2 Å². The average Bonchev–Trinajstić information content (AvgIpc) is 2.63. The van der Waals surface area contributed by atoms with E-state index in [1.165, 1.54) is 0 Å². The molecule has 0 aliphatic carbocycles. The quantitative estimate of drug-likeness (QED) is 0.903. The highest BCUT2D eigenvalue weighted by Gasteiger charge is 2.09. The number of carbonyl (C=O) groups is 1. The zero-order valence-corrected chi connectivity index (χ0v) is 10.8. The maximum atomic E-state index is 10.9. The molecule has 2 aromatic rings. The summed E-state index contributed by atoms with van der Waals surface area (Å²) in [6.07, 6.45) is 0.178. The summed E-state index contributed by atoms with van der Waals surface area (Å²) in [4.78, 5) is 10.9. The third-order valence-electron chi connectivity index (χ3n) is 2.96. The molecule has 0 amide bonds. The summed E-state index contributed by atoms with van der Waals surface area (Å²) in [5.74, 6) is -0.905. The SMILES string of the molecule is CC(C)OCc1cc2ccc(C(=O)O)cc2n1C. The van der Waals surface area contributed by atoms with E-state index in [2.05, 4.69) is 0 Å². The number of aromatic nitrogens is 1. The number of aromatic carboxylic acids is 1. The van der Waals surface area contributed by atoms with E-state index in [9.17, 15) is 4.79 Å². The van der Waals surface area contributed by atoms with Crippen LogP contribution in [0.15, 0.2) is 24.3 Å². The number of hydrogen-bond acceptors (Lipinski definition) is 2. The molecule has 2 rings (SSSR count). The number of nitrogens with zero attached hydrogens (tertiary/aromatic N) is 1. The molecule has 0 saturated heterocycles. The zero-order valence-electron chi connectivity index (χ0n) is 10.8. The van der Waals surface area contributed by atoms with Crippen LogP contribution in [0.5, 0.6) is 0 Å². The Hall–Kier alpha value is -1.81. The molecule has 0 saturated carbocycles. The molecule has 1 heterocycles. The van der Waals surface area contributed by atoms with Crippen molar-refractivity contribution in [3.8, 4) is 0 Å². The van der Waals surface area contributed by atoms with Crippen molar-refractivity contribution < 1.29 is 14.6 Å². The topological polar surface area (TPSA) is 51.5 Å². The van der Waals surface area contributed by atoms with E-state index in [1.54, 1.807) is 12.1 Å². The molecule has 0 aliphatic heterocycles. The maximum absolute atomic E-state index is 10.9. The fourth-order valence-electron chi connectivity index (χ4n) is 1.91. The highest BCUT2D eigenvalue weighted by Crippen LogP contribution is 2.21. The van der Waals surface area contributed by atoms with Crippen LogP contribution in [0.4, 0.5) is 0 Å². The lowest BCUT2D eigenvalue weighted by molar-refractivity contribution is 0.0624. The fraction of sp³-hybridized carbons (Fsp3) is 0.357. The number of hydrogen-bond donors (Lipinski definition) is 1. The molecule has 96 valence electrons. The van der Waals surface area contributed by atoms with Crippen molar-refractivity contribution in [1.29, 1.82) is 0 Å². The van der Waals surface area contributed by atoms with Crippen molar-refractivity contribution in [3.05, 3.63) is 35.5 Å². The van der Waals surface area contributed by atoms with Crippen molar-refractivity contribution in [2.24, 2.45) is 7.05 Å². The number of benzene rings is 1. The van der Waals surface area contributed by atoms with Gasteiger partial charge in [-0.15, -0.1) is 0 Å². The van der Waals surface area contributed by atoms with Gasteiger partial charge >= 0.3 is 5.97 Å². The molecule has 1 aromatic carbocycles. The van der Waals surface area contributed by atoms with Gasteiger partial charge in [0.05, 0.1) is 18.3 Å². The third-order valence-corrected chi connectivity index (χ3v) is 2.96. The van der Waals surface area contributed by atoms with Crippen molar-refractivity contribution in [1.82, 2.24) is 4.57 Å². The minimum absolute atomic E-state index is 0.178. The standard InChI is InChI=1S/C14H17NO3/c1-9(2)18-8-12-6-10-4-5-11(14(16)17)7-13(10)15(12)3/h4-7,9H,8H2,1-3H3,(H,16,17). The van der Waals surface area contributed by atoms with Crippen molar-refractivity contribution in [3.63, 3.8) is 0 Å². The summed E-state index contributed by atoms with van der Waals surface area (Å²) in [5, 5.41) is 10.0. The van der Waals surface area contributed by atoms with Gasteiger partial charge in [0.1, 0.15) is 0 Å². The van der Waals surface area contributed by atoms with Crippen LogP contribution >= 0.6 is 0 Å². The summed E-state index contributed by atoms with van der Waals surface area (Å²) in [5.41, 5.74) is 2.26. The second-order valence-corrected chi connectivity index (χ2v) is 4.63. The first-order valence-corrected chi connectivity index (χ1v) is 5.92. The lowest BCUT2D eigenvalue weighted by Crippen LogP contribution is -2.05. The fourth-order valence-corrected chi connectivity index (χ4v) is 1.91. The first-order chi connectivity index (χ1) is 8.49. The molecule has 4 nitrogen and oxygen atoms in total. The maximum Gasteiger partial charge on any atom is 0.335 e. The Bertz CT molecular complexity index is 584. The van der Waals surface area contributed by atoms with Crippen LogP contribution < -0.4 is 0 Å². The van der Waals surface area contributed by atoms with E-state index in [0.717, 1.165) is 16.6 Å². The molecule has 4 heteroatoms. The summed E-state index contributed by atoms with van der Waals surface area (Å²) < 4.78 is 7.56. The van der Waals surface area contributed by atoms with Gasteiger partial charge in [0, 0.05) is 18.3 Å². The number of carboxylic acids is 1. The predicted octanol–water partition coefficient (Wildman–Crippen LogP) is 2.80. The first-order valence-electron chi connectivity index (χ1n) is 5.92. The van der Waals surface area contributed by atoms with Crippen LogP contribution in [0.2, 0.25) is 0 Å². The summed E-state index contributed by atoms with van der Waals surface area (Å²) in [6.45, 7) is 4.52. The minimum atomic E-state index is -0.905. The van der Waals surface area contributed by atoms with E-state index in [-0.39, 0.29) is 6.10 Å². The highest BCUT2D eigenvalue weighted by atomic mass is 16.5. The monoisotopic (exact) mass is 247 g/mol. The molecule has 0 radical (unpaired) electrons. The highest BCUT2D eigenvalue weighted by molar-refractivity contribution is 5.93. The van der Waals surface area contributed by atoms with Crippen LogP contribution in [0.1, 0.15) is 29.9 Å². The van der Waals surface area contributed by atoms with Crippen LogP contribution in [0.25, 0.3) is 10.9 Å². The Morgan fingerprint density at radius 1 is 1.39 bits per heavy atom. The van der Waals surface area contributed by atoms with Gasteiger partial charge < -0.3 is 14.4 Å². The molecular weight excluding hydrogens is 230 g/mol. The van der Waals surface area contributed by atoms with Gasteiger partial charge in [-0.25, -0.2) is 4.79 Å². The van der Waals surface area contributed by atoms with Crippen LogP contribution in [-0.4, -0.2) is 21.7 Å². The second kappa shape index (κ2) is 4.82. The molecule has 0 spiro atoms. The van der Waals surface area contributed by atoms with Crippen molar-refractivity contribution >= 4 is 16.9 Å². The summed E-state index contributed by atoms with van der Waals surface area (Å²) in [6, 6.07) is 7.18. The number of aryl methyl sites for hydroxylation is 1. The third kappa shape index (κ3) is 2.38. The number of carboxylic acid groups (broad SMARTS) is 1. The molecule has 18 heavy (non-hydrogen) atoms. The average molecular weight is 247 g/mol. The second-order valence-electron chi connectivity index (χ2n) is 4.63. The number of ether oxygens (including phenoxy) is 1. The van der Waals surface area contributed by atoms with Gasteiger partial charge in [0.25, 0.3) is 0 Å². The largest absolute Gasteiger partial charge is 0.478 e. The number of rotatable bonds is 4. The Balaban J connectivity index is 2.40. The lowest BCUT2D eigenvalue weighted by Gasteiger charge is -2.08. The Labute approximate surface area is 106 Å². The molecular formula is C14H17NO3. The van der Waals surface area contributed by atoms with Gasteiger partial charge in [-0.2, -0.15) is 0 Å². The molecule has 0 atom stereocenters. The Morgan fingerprint density at radius 2 is 2.11 bits per heavy atom. The Morgan fingerprint density at radius 3 is 2.72 bits per heavy atom. The molecule has 0 bridgehead atoms. The molecule has 1 aromatic heterocycles. The van der Waals surface area contributed by atoms with Gasteiger partial charge in [-0.3, -0.25) is 0 Å². The molecule has 0 fully saturated rings. The molecule has 0 unspecified atom stereocenters. The smallest absolute Gasteiger partial charge is 0.335 e. The van der Waals surface area contributed by atoms with Crippen molar-refractivity contribution in [2.45, 2.75) is 26.6 Å². The van der Waals surface area contributed by atoms with E-state index < -0.39 is 5.97 Å². The van der Waals surface area contributed by atoms with E-state index >= 15 is 0 Å². The first kappa shape index (κ1) is 12.6. The summed E-state index contributed by atoms with van der Waals surface area (Å²) in [7, 11) is 1.92. The van der Waals surface area contributed by atoms with Gasteiger partial charge in [0.15, 0.2) is 0 Å². The van der Waals surface area contributed by atoms with Gasteiger partial charge in [0.2, 0.25) is 0 Å². The lowest BCUT2D eigenvalue weighted by atomic mass is 10.1. The zero-order chi connectivity index (χ0) is 13.3. The number of fused-ring (bicyclic) bond motifs is 1. The van der Waals surface area contributed by atoms with Crippen LogP contribution in [0, 0.1) is 0 Å². The van der Waals surface area contributed by atoms with Crippen LogP contribution in [0.3, 0.4) is 0 Å². The van der Waals surface area contributed by atoms with Crippen LogP contribution in [-0.2, 0) is 18.4 Å². The normalized spacial score (nSPS) is 11.3. The summed E-state index contributed by atoms with van der Waals surface area (Å²) >= 11 is 0. The molecule has 1 N–H and O–H groups in total. The van der Waals surface area contributed by atoms with Crippen molar-refractivity contribution in [2.75, 3.05) is 0 Å². The predicted molar refractivity (Wildman–Crippen MR) is 69.8 cm³/mol. The molecule has 0 aliphatic rings. The Kier molecular flexibility index (Phi) is 3.39. The minimum Gasteiger partial charge on any atom is -0.478 e. The van der Waals surface area contributed by atoms with Gasteiger partial charge in [-0.05, 0) is 37.4 Å². The van der Waals surface area contributed by atoms with E-state index in [1.807, 2.05) is 37.6 Å². The van der Waals surface area contributed by atoms with Gasteiger partial charge in [-0.1, -0.05) is 6.07 Å².